The van der Waals surface area contributed by atoms with Crippen molar-refractivity contribution in [3.05, 3.63) is 66.6 Å². The minimum atomic E-state index is 0.342. The summed E-state index contributed by atoms with van der Waals surface area (Å²) < 4.78 is 1.98. The van der Waals surface area contributed by atoms with Crippen LogP contribution < -0.4 is 4.90 Å². The minimum Gasteiger partial charge on any atom is -0.371 e. The number of piperidine rings is 1. The number of benzene rings is 1. The molecule has 0 N–H and O–H groups in total. The van der Waals surface area contributed by atoms with Gasteiger partial charge in [0, 0.05) is 53.7 Å². The monoisotopic (exact) mass is 401 g/mol. The van der Waals surface area contributed by atoms with Crippen LogP contribution in [0.25, 0.3) is 10.9 Å². The maximum atomic E-state index is 4.73. The largest absolute Gasteiger partial charge is 0.371 e. The van der Waals surface area contributed by atoms with E-state index in [-0.39, 0.29) is 0 Å². The Morgan fingerprint density at radius 1 is 1.13 bits per heavy atom. The number of pyridine rings is 1. The van der Waals surface area contributed by atoms with Gasteiger partial charge in [-0.1, -0.05) is 24.3 Å². The molecule has 4 heterocycles. The molecular formula is C25H31N5. The Balaban J connectivity index is 1.32. The smallest absolute Gasteiger partial charge is 0.0726 e. The van der Waals surface area contributed by atoms with Gasteiger partial charge in [0.25, 0.3) is 0 Å². The van der Waals surface area contributed by atoms with Gasteiger partial charge in [0.2, 0.25) is 0 Å². The summed E-state index contributed by atoms with van der Waals surface area (Å²) >= 11 is 0. The fourth-order valence-corrected chi connectivity index (χ4v) is 5.46. The number of allylic oxidation sites excluding steroid dienone is 1. The zero-order valence-corrected chi connectivity index (χ0v) is 17.9. The van der Waals surface area contributed by atoms with E-state index in [9.17, 15) is 0 Å². The highest BCUT2D eigenvalue weighted by atomic mass is 15.3. The third kappa shape index (κ3) is 3.52. The van der Waals surface area contributed by atoms with Gasteiger partial charge in [-0.15, -0.1) is 6.58 Å². The van der Waals surface area contributed by atoms with Gasteiger partial charge in [-0.05, 0) is 51.3 Å². The second kappa shape index (κ2) is 7.88. The first-order valence-corrected chi connectivity index (χ1v) is 11.2. The molecule has 1 aromatic carbocycles. The first kappa shape index (κ1) is 19.3. The van der Waals surface area contributed by atoms with Crippen molar-refractivity contribution in [2.75, 3.05) is 24.5 Å². The number of para-hydroxylation sites is 1. The molecule has 3 aromatic rings. The average molecular weight is 402 g/mol. The molecule has 5 rings (SSSR count). The fraction of sp³-hybridized carbons (Fsp3) is 0.440. The van der Waals surface area contributed by atoms with E-state index in [2.05, 4.69) is 64.9 Å². The number of nitrogens with zero attached hydrogens (tertiary/aromatic N) is 5. The van der Waals surface area contributed by atoms with Crippen molar-refractivity contribution in [2.45, 2.75) is 51.2 Å². The number of hydrogen-bond donors (Lipinski definition) is 0. The van der Waals surface area contributed by atoms with E-state index in [0.29, 0.717) is 5.54 Å². The fourth-order valence-electron chi connectivity index (χ4n) is 5.46. The third-order valence-corrected chi connectivity index (χ3v) is 6.97. The Morgan fingerprint density at radius 3 is 2.80 bits per heavy atom. The van der Waals surface area contributed by atoms with Crippen LogP contribution in [-0.2, 0) is 13.1 Å². The van der Waals surface area contributed by atoms with Crippen LogP contribution in [0.1, 0.15) is 36.9 Å². The van der Waals surface area contributed by atoms with Crippen molar-refractivity contribution in [2.24, 2.45) is 0 Å². The Labute approximate surface area is 179 Å². The zero-order valence-electron chi connectivity index (χ0n) is 17.9. The van der Waals surface area contributed by atoms with Gasteiger partial charge in [-0.2, -0.15) is 5.10 Å². The molecule has 2 fully saturated rings. The maximum absolute atomic E-state index is 4.73. The van der Waals surface area contributed by atoms with Crippen molar-refractivity contribution in [1.29, 1.82) is 0 Å². The van der Waals surface area contributed by atoms with E-state index in [0.717, 1.165) is 37.4 Å². The molecule has 0 unspecified atom stereocenters. The van der Waals surface area contributed by atoms with Crippen molar-refractivity contribution in [3.63, 3.8) is 0 Å². The van der Waals surface area contributed by atoms with Crippen LogP contribution in [0.4, 0.5) is 5.69 Å². The van der Waals surface area contributed by atoms with Crippen LogP contribution in [0.3, 0.4) is 0 Å². The molecule has 0 aliphatic carbocycles. The normalized spacial score (nSPS) is 19.0. The highest BCUT2D eigenvalue weighted by Gasteiger charge is 2.43. The number of anilines is 1. The van der Waals surface area contributed by atoms with E-state index in [1.807, 2.05) is 17.0 Å². The summed E-state index contributed by atoms with van der Waals surface area (Å²) in [4.78, 5) is 10.0. The minimum absolute atomic E-state index is 0.342. The number of likely N-dealkylation sites (tertiary alicyclic amines) is 1. The number of hydrogen-bond acceptors (Lipinski definition) is 4. The number of aryl methyl sites for hydroxylation is 1. The van der Waals surface area contributed by atoms with Gasteiger partial charge in [0.15, 0.2) is 0 Å². The third-order valence-electron chi connectivity index (χ3n) is 6.97. The molecule has 0 amide bonds. The highest BCUT2D eigenvalue weighted by molar-refractivity contribution is 5.92. The van der Waals surface area contributed by atoms with E-state index >= 15 is 0 Å². The average Bonchev–Trinajstić information content (AvgIpc) is 3.36. The maximum Gasteiger partial charge on any atom is 0.0726 e. The summed E-state index contributed by atoms with van der Waals surface area (Å²) in [5, 5.41) is 5.75. The van der Waals surface area contributed by atoms with Crippen LogP contribution in [0.2, 0.25) is 0 Å². The molecule has 0 atom stereocenters. The van der Waals surface area contributed by atoms with Gasteiger partial charge in [-0.25, -0.2) is 0 Å². The lowest BCUT2D eigenvalue weighted by atomic mass is 9.84. The Morgan fingerprint density at radius 2 is 1.97 bits per heavy atom. The molecule has 2 aliphatic rings. The molecule has 0 radical (unpaired) electrons. The number of rotatable bonds is 5. The van der Waals surface area contributed by atoms with Crippen LogP contribution >= 0.6 is 0 Å². The standard InChI is InChI=1S/C25H31N5/c1-3-12-30-19-21(17-26-30)18-29-13-6-9-25(29)10-14-28(15-11-25)24-16-20(2)27-23-8-5-4-7-22(23)24/h3-5,7-8,16-17,19H,1,6,9-15,18H2,2H3. The lowest BCUT2D eigenvalue weighted by Gasteiger charge is -2.46. The quantitative estimate of drug-likeness (QED) is 0.587. The van der Waals surface area contributed by atoms with E-state index < -0.39 is 0 Å². The summed E-state index contributed by atoms with van der Waals surface area (Å²) in [5.41, 5.74) is 5.21. The summed E-state index contributed by atoms with van der Waals surface area (Å²) in [6.45, 7) is 11.1. The van der Waals surface area contributed by atoms with Crippen LogP contribution in [0, 0.1) is 6.92 Å². The van der Waals surface area contributed by atoms with Gasteiger partial charge in [0.05, 0.1) is 18.3 Å². The predicted molar refractivity (Wildman–Crippen MR) is 123 cm³/mol. The first-order valence-electron chi connectivity index (χ1n) is 11.2. The summed E-state index contributed by atoms with van der Waals surface area (Å²) in [7, 11) is 0. The Bertz CT molecular complexity index is 1040. The topological polar surface area (TPSA) is 37.2 Å². The van der Waals surface area contributed by atoms with Crippen molar-refractivity contribution < 1.29 is 0 Å². The zero-order chi connectivity index (χ0) is 20.6. The molecule has 2 aliphatic heterocycles. The lowest BCUT2D eigenvalue weighted by Crippen LogP contribution is -2.51. The highest BCUT2D eigenvalue weighted by Crippen LogP contribution is 2.41. The van der Waals surface area contributed by atoms with E-state index in [1.165, 1.54) is 48.9 Å². The molecular weight excluding hydrogens is 370 g/mol. The molecule has 2 saturated heterocycles. The molecule has 156 valence electrons. The Kier molecular flexibility index (Phi) is 5.07. The number of fused-ring (bicyclic) bond motifs is 1. The molecule has 0 saturated carbocycles. The molecule has 0 bridgehead atoms. The molecule has 1 spiro atoms. The molecule has 5 heteroatoms. The second-order valence-corrected chi connectivity index (χ2v) is 8.90. The van der Waals surface area contributed by atoms with Crippen LogP contribution in [0.15, 0.2) is 55.4 Å². The second-order valence-electron chi connectivity index (χ2n) is 8.90. The van der Waals surface area contributed by atoms with Gasteiger partial charge < -0.3 is 4.90 Å². The van der Waals surface area contributed by atoms with Crippen LogP contribution in [-0.4, -0.2) is 44.8 Å². The van der Waals surface area contributed by atoms with E-state index in [4.69, 9.17) is 4.98 Å². The van der Waals surface area contributed by atoms with Crippen molar-refractivity contribution in [3.8, 4) is 0 Å². The predicted octanol–water partition coefficient (Wildman–Crippen LogP) is 4.56. The molecule has 5 nitrogen and oxygen atoms in total. The number of aromatic nitrogens is 3. The van der Waals surface area contributed by atoms with Gasteiger partial charge >= 0.3 is 0 Å². The Hall–Kier alpha value is -2.66. The van der Waals surface area contributed by atoms with E-state index in [1.54, 1.807) is 0 Å². The molecule has 2 aromatic heterocycles. The van der Waals surface area contributed by atoms with Crippen molar-refractivity contribution in [1.82, 2.24) is 19.7 Å². The lowest BCUT2D eigenvalue weighted by molar-refractivity contribution is 0.0998. The SMILES string of the molecule is C=CCn1cc(CN2CCCC23CCN(c2cc(C)nc4ccccc24)CC3)cn1. The van der Waals surface area contributed by atoms with Crippen LogP contribution in [0.5, 0.6) is 0 Å². The summed E-state index contributed by atoms with van der Waals surface area (Å²) in [6, 6.07) is 10.8. The van der Waals surface area contributed by atoms with Gasteiger partial charge in [0.1, 0.15) is 0 Å². The summed E-state index contributed by atoms with van der Waals surface area (Å²) in [6.07, 6.45) is 11.2. The first-order chi connectivity index (χ1) is 14.7. The van der Waals surface area contributed by atoms with Gasteiger partial charge in [-0.3, -0.25) is 14.6 Å². The summed E-state index contributed by atoms with van der Waals surface area (Å²) in [5.74, 6) is 0. The molecule has 30 heavy (non-hydrogen) atoms. The van der Waals surface area contributed by atoms with Crippen molar-refractivity contribution >= 4 is 16.6 Å².